The number of hydrogen-bond donors (Lipinski definition) is 3. The molecule has 7 heteroatoms. The standard InChI is InChI=1S/C15H21N3O4/c1-15(2,3)6-13(19)17-7-14(20)18-10-5-12-11(4-9(10)16)21-8-22-12/h4-5H,6-8,16H2,1-3H3,(H,17,19)(H,18,20). The van der Waals surface area contributed by atoms with Gasteiger partial charge in [-0.05, 0) is 5.41 Å². The van der Waals surface area contributed by atoms with Crippen molar-refractivity contribution in [1.82, 2.24) is 5.32 Å². The van der Waals surface area contributed by atoms with E-state index >= 15 is 0 Å². The number of rotatable bonds is 4. The Morgan fingerprint density at radius 3 is 2.45 bits per heavy atom. The van der Waals surface area contributed by atoms with Crippen LogP contribution in [0.5, 0.6) is 11.5 Å². The van der Waals surface area contributed by atoms with Crippen molar-refractivity contribution >= 4 is 23.2 Å². The smallest absolute Gasteiger partial charge is 0.243 e. The molecule has 0 aromatic heterocycles. The molecule has 2 rings (SSSR count). The summed E-state index contributed by atoms with van der Waals surface area (Å²) in [6.45, 7) is 5.90. The van der Waals surface area contributed by atoms with Crippen molar-refractivity contribution in [3.05, 3.63) is 12.1 Å². The Kier molecular flexibility index (Phi) is 4.44. The van der Waals surface area contributed by atoms with Crippen LogP contribution in [-0.2, 0) is 9.59 Å². The second kappa shape index (κ2) is 6.13. The summed E-state index contributed by atoms with van der Waals surface area (Å²) in [4.78, 5) is 23.6. The van der Waals surface area contributed by atoms with E-state index in [1.54, 1.807) is 12.1 Å². The van der Waals surface area contributed by atoms with E-state index in [1.807, 2.05) is 20.8 Å². The molecular formula is C15H21N3O4. The lowest BCUT2D eigenvalue weighted by Gasteiger charge is -2.17. The number of benzene rings is 1. The van der Waals surface area contributed by atoms with Crippen molar-refractivity contribution in [3.63, 3.8) is 0 Å². The highest BCUT2D eigenvalue weighted by Gasteiger charge is 2.18. The van der Waals surface area contributed by atoms with Crippen molar-refractivity contribution in [2.24, 2.45) is 5.41 Å². The Labute approximate surface area is 129 Å². The second-order valence-corrected chi connectivity index (χ2v) is 6.36. The maximum absolute atomic E-state index is 11.9. The van der Waals surface area contributed by atoms with Gasteiger partial charge in [0.1, 0.15) is 0 Å². The van der Waals surface area contributed by atoms with Gasteiger partial charge in [-0.2, -0.15) is 0 Å². The first-order chi connectivity index (χ1) is 10.2. The molecule has 1 aliphatic rings. The Morgan fingerprint density at radius 1 is 1.18 bits per heavy atom. The maximum Gasteiger partial charge on any atom is 0.243 e. The fourth-order valence-electron chi connectivity index (χ4n) is 1.98. The molecule has 22 heavy (non-hydrogen) atoms. The number of ether oxygens (including phenoxy) is 2. The molecule has 1 heterocycles. The average Bonchev–Trinajstić information content (AvgIpc) is 2.82. The molecule has 0 atom stereocenters. The topological polar surface area (TPSA) is 103 Å². The molecule has 0 unspecified atom stereocenters. The van der Waals surface area contributed by atoms with Gasteiger partial charge in [0, 0.05) is 18.6 Å². The molecule has 0 saturated heterocycles. The molecule has 4 N–H and O–H groups in total. The van der Waals surface area contributed by atoms with Gasteiger partial charge in [0.05, 0.1) is 17.9 Å². The molecule has 0 radical (unpaired) electrons. The zero-order valence-corrected chi connectivity index (χ0v) is 13.0. The molecule has 1 aliphatic heterocycles. The van der Waals surface area contributed by atoms with Crippen molar-refractivity contribution in [3.8, 4) is 11.5 Å². The van der Waals surface area contributed by atoms with Gasteiger partial charge in [0.15, 0.2) is 11.5 Å². The van der Waals surface area contributed by atoms with Gasteiger partial charge < -0.3 is 25.8 Å². The van der Waals surface area contributed by atoms with Gasteiger partial charge >= 0.3 is 0 Å². The van der Waals surface area contributed by atoms with E-state index in [0.29, 0.717) is 29.3 Å². The predicted molar refractivity (Wildman–Crippen MR) is 82.7 cm³/mol. The van der Waals surface area contributed by atoms with Crippen LogP contribution in [0.4, 0.5) is 11.4 Å². The lowest BCUT2D eigenvalue weighted by Crippen LogP contribution is -2.34. The van der Waals surface area contributed by atoms with Crippen LogP contribution in [0.2, 0.25) is 0 Å². The number of fused-ring (bicyclic) bond motifs is 1. The SMILES string of the molecule is CC(C)(C)CC(=O)NCC(=O)Nc1cc2c(cc1N)OCO2. The van der Waals surface area contributed by atoms with Crippen LogP contribution >= 0.6 is 0 Å². The summed E-state index contributed by atoms with van der Waals surface area (Å²) in [7, 11) is 0. The van der Waals surface area contributed by atoms with Crippen LogP contribution < -0.4 is 25.8 Å². The summed E-state index contributed by atoms with van der Waals surface area (Å²) < 4.78 is 10.4. The third kappa shape index (κ3) is 4.28. The van der Waals surface area contributed by atoms with Gasteiger partial charge in [0.2, 0.25) is 18.6 Å². The minimum atomic E-state index is -0.354. The summed E-state index contributed by atoms with van der Waals surface area (Å²) in [5.41, 5.74) is 6.52. The van der Waals surface area contributed by atoms with E-state index in [1.165, 1.54) is 0 Å². The first-order valence-corrected chi connectivity index (χ1v) is 7.00. The lowest BCUT2D eigenvalue weighted by molar-refractivity contribution is -0.125. The number of anilines is 2. The van der Waals surface area contributed by atoms with E-state index < -0.39 is 0 Å². The summed E-state index contributed by atoms with van der Waals surface area (Å²) in [5, 5.41) is 5.23. The predicted octanol–water partition coefficient (Wildman–Crippen LogP) is 1.49. The average molecular weight is 307 g/mol. The second-order valence-electron chi connectivity index (χ2n) is 6.36. The Bertz CT molecular complexity index is 593. The van der Waals surface area contributed by atoms with Gasteiger partial charge in [0.25, 0.3) is 0 Å². The van der Waals surface area contributed by atoms with Crippen molar-refractivity contribution in [2.45, 2.75) is 27.2 Å². The van der Waals surface area contributed by atoms with Gasteiger partial charge in [-0.3, -0.25) is 9.59 Å². The van der Waals surface area contributed by atoms with Gasteiger partial charge in [-0.1, -0.05) is 20.8 Å². The summed E-state index contributed by atoms with van der Waals surface area (Å²) >= 11 is 0. The van der Waals surface area contributed by atoms with E-state index in [0.717, 1.165) is 0 Å². The Hall–Kier alpha value is -2.44. The van der Waals surface area contributed by atoms with Crippen molar-refractivity contribution in [2.75, 3.05) is 24.4 Å². The first-order valence-electron chi connectivity index (χ1n) is 7.00. The monoisotopic (exact) mass is 307 g/mol. The number of hydrogen-bond acceptors (Lipinski definition) is 5. The highest BCUT2D eigenvalue weighted by molar-refractivity contribution is 5.97. The molecule has 0 spiro atoms. The summed E-state index contributed by atoms with van der Waals surface area (Å²) in [6, 6.07) is 3.20. The minimum absolute atomic E-state index is 0.108. The van der Waals surface area contributed by atoms with Gasteiger partial charge in [-0.15, -0.1) is 0 Å². The van der Waals surface area contributed by atoms with Crippen LogP contribution in [0, 0.1) is 5.41 Å². The van der Waals surface area contributed by atoms with Crippen molar-refractivity contribution < 1.29 is 19.1 Å². The van der Waals surface area contributed by atoms with E-state index in [9.17, 15) is 9.59 Å². The minimum Gasteiger partial charge on any atom is -0.454 e. The van der Waals surface area contributed by atoms with E-state index in [4.69, 9.17) is 15.2 Å². The van der Waals surface area contributed by atoms with Gasteiger partial charge in [-0.25, -0.2) is 0 Å². The number of carbonyl (C=O) groups is 2. The largest absolute Gasteiger partial charge is 0.454 e. The fourth-order valence-corrected chi connectivity index (χ4v) is 1.98. The highest BCUT2D eigenvalue weighted by atomic mass is 16.7. The molecule has 7 nitrogen and oxygen atoms in total. The van der Waals surface area contributed by atoms with Crippen molar-refractivity contribution in [1.29, 1.82) is 0 Å². The van der Waals surface area contributed by atoms with Crippen LogP contribution in [0.3, 0.4) is 0 Å². The molecule has 0 aliphatic carbocycles. The molecule has 0 saturated carbocycles. The zero-order valence-electron chi connectivity index (χ0n) is 13.0. The van der Waals surface area contributed by atoms with E-state index in [-0.39, 0.29) is 30.6 Å². The summed E-state index contributed by atoms with van der Waals surface area (Å²) in [6.07, 6.45) is 0.354. The molecule has 0 fully saturated rings. The third-order valence-corrected chi connectivity index (χ3v) is 2.96. The molecular weight excluding hydrogens is 286 g/mol. The maximum atomic E-state index is 11.9. The number of nitrogens with two attached hydrogens (primary N) is 1. The quantitative estimate of drug-likeness (QED) is 0.731. The number of amides is 2. The van der Waals surface area contributed by atoms with Crippen LogP contribution in [-0.4, -0.2) is 25.2 Å². The highest BCUT2D eigenvalue weighted by Crippen LogP contribution is 2.38. The van der Waals surface area contributed by atoms with Crippen LogP contribution in [0.1, 0.15) is 27.2 Å². The molecule has 1 aromatic carbocycles. The number of nitrogen functional groups attached to an aromatic ring is 1. The Morgan fingerprint density at radius 2 is 1.82 bits per heavy atom. The summed E-state index contributed by atoms with van der Waals surface area (Å²) in [5.74, 6) is 0.560. The molecule has 2 amide bonds. The molecule has 1 aromatic rings. The van der Waals surface area contributed by atoms with Crippen LogP contribution in [0.25, 0.3) is 0 Å². The zero-order chi connectivity index (χ0) is 16.3. The number of nitrogens with one attached hydrogen (secondary N) is 2. The normalized spacial score (nSPS) is 12.9. The number of carbonyl (C=O) groups excluding carboxylic acids is 2. The Balaban J connectivity index is 1.89. The fraction of sp³-hybridized carbons (Fsp3) is 0.467. The lowest BCUT2D eigenvalue weighted by atomic mass is 9.92. The van der Waals surface area contributed by atoms with Crippen LogP contribution in [0.15, 0.2) is 12.1 Å². The molecule has 0 bridgehead atoms. The first kappa shape index (κ1) is 15.9. The third-order valence-electron chi connectivity index (χ3n) is 2.96. The van der Waals surface area contributed by atoms with E-state index in [2.05, 4.69) is 10.6 Å². The molecule has 120 valence electrons.